The highest BCUT2D eigenvalue weighted by Gasteiger charge is 2.15. The van der Waals surface area contributed by atoms with Gasteiger partial charge in [0.15, 0.2) is 5.16 Å². The zero-order chi connectivity index (χ0) is 16.8. The Bertz CT molecular complexity index is 675. The van der Waals surface area contributed by atoms with Crippen LogP contribution < -0.4 is 10.2 Å². The number of carbonyl (C=O) groups excluding carboxylic acids is 1. The monoisotopic (exact) mass is 366 g/mol. The number of hydrogen-bond donors (Lipinski definition) is 1. The van der Waals surface area contributed by atoms with Crippen molar-refractivity contribution in [1.29, 1.82) is 0 Å². The normalized spacial score (nSPS) is 14.6. The molecule has 1 saturated heterocycles. The average Bonchev–Trinajstić information content (AvgIpc) is 3.12. The summed E-state index contributed by atoms with van der Waals surface area (Å²) in [4.78, 5) is 22.9. The van der Waals surface area contributed by atoms with Crippen LogP contribution >= 0.6 is 23.4 Å². The molecule has 0 radical (unpaired) electrons. The number of thioether (sulfide) groups is 1. The Hall–Kier alpha value is -1.73. The van der Waals surface area contributed by atoms with Crippen LogP contribution in [0.15, 0.2) is 34.0 Å². The third kappa shape index (κ3) is 4.88. The number of rotatable bonds is 6. The number of carbonyl (C=O) groups is 1. The summed E-state index contributed by atoms with van der Waals surface area (Å²) < 4.78 is 5.18. The predicted molar refractivity (Wildman–Crippen MR) is 94.4 cm³/mol. The van der Waals surface area contributed by atoms with Crippen molar-refractivity contribution < 1.29 is 9.21 Å². The van der Waals surface area contributed by atoms with E-state index in [9.17, 15) is 4.79 Å². The lowest BCUT2D eigenvalue weighted by Gasteiger charge is -2.27. The molecule has 0 unspecified atom stereocenters. The van der Waals surface area contributed by atoms with Gasteiger partial charge in [-0.15, -0.1) is 0 Å². The van der Waals surface area contributed by atoms with Crippen LogP contribution in [0, 0.1) is 0 Å². The number of hydrogen-bond acceptors (Lipinski definition) is 6. The van der Waals surface area contributed by atoms with Crippen molar-refractivity contribution in [2.45, 2.75) is 31.0 Å². The maximum absolute atomic E-state index is 11.9. The van der Waals surface area contributed by atoms with Crippen molar-refractivity contribution in [1.82, 2.24) is 15.3 Å². The fourth-order valence-corrected chi connectivity index (χ4v) is 3.43. The first-order valence-electron chi connectivity index (χ1n) is 7.92. The van der Waals surface area contributed by atoms with Gasteiger partial charge in [-0.3, -0.25) is 4.79 Å². The van der Waals surface area contributed by atoms with E-state index in [1.54, 1.807) is 18.4 Å². The van der Waals surface area contributed by atoms with E-state index >= 15 is 0 Å². The average molecular weight is 367 g/mol. The summed E-state index contributed by atoms with van der Waals surface area (Å²) in [5.74, 6) is 1.70. The third-order valence-electron chi connectivity index (χ3n) is 3.71. The fraction of sp³-hybridized carbons (Fsp3) is 0.438. The minimum absolute atomic E-state index is 0.0977. The molecule has 0 aliphatic carbocycles. The highest BCUT2D eigenvalue weighted by atomic mass is 35.5. The second kappa shape index (κ2) is 8.39. The molecule has 3 heterocycles. The zero-order valence-electron chi connectivity index (χ0n) is 13.2. The first-order chi connectivity index (χ1) is 11.7. The van der Waals surface area contributed by atoms with E-state index in [4.69, 9.17) is 16.0 Å². The topological polar surface area (TPSA) is 71.3 Å². The second-order valence-corrected chi connectivity index (χ2v) is 6.85. The van der Waals surface area contributed by atoms with Crippen molar-refractivity contribution in [3.05, 3.63) is 35.4 Å². The molecule has 8 heteroatoms. The zero-order valence-corrected chi connectivity index (χ0v) is 14.8. The van der Waals surface area contributed by atoms with Gasteiger partial charge in [-0.2, -0.15) is 0 Å². The minimum Gasteiger partial charge on any atom is -0.467 e. The standard InChI is InChI=1S/C16H19ClN4O2S/c17-13-9-14(21-6-2-1-3-7-21)20-16(19-13)24-11-15(22)18-10-12-5-4-8-23-12/h4-5,8-9H,1-3,6-7,10-11H2,(H,18,22). The van der Waals surface area contributed by atoms with Crippen molar-refractivity contribution >= 4 is 35.1 Å². The Labute approximate surface area is 150 Å². The van der Waals surface area contributed by atoms with Gasteiger partial charge >= 0.3 is 0 Å². The molecular weight excluding hydrogens is 348 g/mol. The fourth-order valence-electron chi connectivity index (χ4n) is 2.51. The van der Waals surface area contributed by atoms with Gasteiger partial charge in [-0.25, -0.2) is 9.97 Å². The Morgan fingerprint density at radius 3 is 2.92 bits per heavy atom. The van der Waals surface area contributed by atoms with Crippen LogP contribution in [0.2, 0.25) is 5.15 Å². The highest BCUT2D eigenvalue weighted by molar-refractivity contribution is 7.99. The summed E-state index contributed by atoms with van der Waals surface area (Å²) in [6.07, 6.45) is 5.17. The molecule has 3 rings (SSSR count). The van der Waals surface area contributed by atoms with E-state index < -0.39 is 0 Å². The summed E-state index contributed by atoms with van der Waals surface area (Å²) in [6, 6.07) is 5.39. The van der Waals surface area contributed by atoms with Crippen LogP contribution in [0.1, 0.15) is 25.0 Å². The largest absolute Gasteiger partial charge is 0.467 e. The van der Waals surface area contributed by atoms with E-state index in [0.717, 1.165) is 24.7 Å². The maximum Gasteiger partial charge on any atom is 0.230 e. The van der Waals surface area contributed by atoms with Gasteiger partial charge in [0.25, 0.3) is 0 Å². The van der Waals surface area contributed by atoms with Gasteiger partial charge in [0.05, 0.1) is 18.6 Å². The Morgan fingerprint density at radius 1 is 1.33 bits per heavy atom. The molecule has 2 aromatic heterocycles. The number of furan rings is 1. The van der Waals surface area contributed by atoms with Crippen LogP contribution in [-0.2, 0) is 11.3 Å². The number of aromatic nitrogens is 2. The molecule has 0 saturated carbocycles. The van der Waals surface area contributed by atoms with Crippen molar-refractivity contribution in [3.8, 4) is 0 Å². The molecule has 0 spiro atoms. The lowest BCUT2D eigenvalue weighted by Crippen LogP contribution is -2.30. The summed E-state index contributed by atoms with van der Waals surface area (Å²) in [7, 11) is 0. The first kappa shape index (κ1) is 17.1. The number of amides is 1. The van der Waals surface area contributed by atoms with Gasteiger partial charge in [-0.05, 0) is 31.4 Å². The van der Waals surface area contributed by atoms with Crippen molar-refractivity contribution in [2.24, 2.45) is 0 Å². The predicted octanol–water partition coefficient (Wildman–Crippen LogP) is 3.12. The SMILES string of the molecule is O=C(CSc1nc(Cl)cc(N2CCCCC2)n1)NCc1ccco1. The molecule has 0 atom stereocenters. The van der Waals surface area contributed by atoms with Gasteiger partial charge < -0.3 is 14.6 Å². The quantitative estimate of drug-likeness (QED) is 0.481. The first-order valence-corrected chi connectivity index (χ1v) is 9.28. The highest BCUT2D eigenvalue weighted by Crippen LogP contribution is 2.24. The molecule has 6 nitrogen and oxygen atoms in total. The Balaban J connectivity index is 1.54. The minimum atomic E-state index is -0.0977. The van der Waals surface area contributed by atoms with Gasteiger partial charge in [0, 0.05) is 19.2 Å². The lowest BCUT2D eigenvalue weighted by atomic mass is 10.1. The summed E-state index contributed by atoms with van der Waals surface area (Å²) in [5.41, 5.74) is 0. The number of nitrogens with one attached hydrogen (secondary N) is 1. The number of piperidine rings is 1. The smallest absolute Gasteiger partial charge is 0.230 e. The lowest BCUT2D eigenvalue weighted by molar-refractivity contribution is -0.118. The molecule has 1 aliphatic heterocycles. The molecule has 1 aliphatic rings. The maximum atomic E-state index is 11.9. The van der Waals surface area contributed by atoms with Crippen molar-refractivity contribution in [3.63, 3.8) is 0 Å². The van der Waals surface area contributed by atoms with Crippen molar-refractivity contribution in [2.75, 3.05) is 23.7 Å². The van der Waals surface area contributed by atoms with Gasteiger partial charge in [0.1, 0.15) is 16.7 Å². The molecule has 128 valence electrons. The molecule has 1 fully saturated rings. The van der Waals surface area contributed by atoms with Crippen LogP contribution in [0.25, 0.3) is 0 Å². The van der Waals surface area contributed by atoms with Gasteiger partial charge in [-0.1, -0.05) is 23.4 Å². The van der Waals surface area contributed by atoms with Crippen LogP contribution in [0.3, 0.4) is 0 Å². The van der Waals surface area contributed by atoms with Gasteiger partial charge in [0.2, 0.25) is 5.91 Å². The molecule has 0 aromatic carbocycles. The molecule has 24 heavy (non-hydrogen) atoms. The molecule has 1 N–H and O–H groups in total. The molecule has 0 bridgehead atoms. The number of nitrogens with zero attached hydrogens (tertiary/aromatic N) is 3. The second-order valence-electron chi connectivity index (χ2n) is 5.52. The number of halogens is 1. The molecule has 2 aromatic rings. The van der Waals surface area contributed by atoms with E-state index in [0.29, 0.717) is 16.9 Å². The summed E-state index contributed by atoms with van der Waals surface area (Å²) in [5, 5.41) is 3.73. The van der Waals surface area contributed by atoms with E-state index in [1.807, 2.05) is 6.07 Å². The van der Waals surface area contributed by atoms with Crippen LogP contribution in [-0.4, -0.2) is 34.7 Å². The van der Waals surface area contributed by atoms with E-state index in [-0.39, 0.29) is 11.7 Å². The van der Waals surface area contributed by atoms with Crippen LogP contribution in [0.4, 0.5) is 5.82 Å². The van der Waals surface area contributed by atoms with Crippen LogP contribution in [0.5, 0.6) is 0 Å². The third-order valence-corrected chi connectivity index (χ3v) is 4.75. The summed E-state index contributed by atoms with van der Waals surface area (Å²) in [6.45, 7) is 2.35. The number of anilines is 1. The van der Waals surface area contributed by atoms with E-state index in [1.165, 1.54) is 31.0 Å². The Morgan fingerprint density at radius 2 is 2.17 bits per heavy atom. The molecule has 1 amide bonds. The molecular formula is C16H19ClN4O2S. The summed E-state index contributed by atoms with van der Waals surface area (Å²) >= 11 is 7.39. The van der Waals surface area contributed by atoms with E-state index in [2.05, 4.69) is 20.2 Å². The Kier molecular flexibility index (Phi) is 5.98.